The van der Waals surface area contributed by atoms with Crippen LogP contribution >= 0.6 is 11.3 Å². The second-order valence-electron chi connectivity index (χ2n) is 7.41. The minimum atomic E-state index is -0.643. The number of rotatable bonds is 10. The lowest BCUT2D eigenvalue weighted by Gasteiger charge is -2.27. The highest BCUT2D eigenvalue weighted by atomic mass is 32.1. The van der Waals surface area contributed by atoms with Crippen molar-refractivity contribution < 1.29 is 19.4 Å². The number of aliphatic hydroxyl groups is 1. The van der Waals surface area contributed by atoms with Crippen LogP contribution in [0, 0.1) is 0 Å². The van der Waals surface area contributed by atoms with Gasteiger partial charge in [0.1, 0.15) is 11.5 Å². The number of hydrogen-bond donors (Lipinski definition) is 1. The van der Waals surface area contributed by atoms with Crippen molar-refractivity contribution in [1.29, 1.82) is 0 Å². The lowest BCUT2D eigenvalue weighted by Crippen LogP contribution is -2.37. The molecule has 1 N–H and O–H groups in total. The van der Waals surface area contributed by atoms with Crippen LogP contribution in [0.15, 0.2) is 47.4 Å². The molecule has 166 valence electrons. The highest BCUT2D eigenvalue weighted by Crippen LogP contribution is 2.41. The van der Waals surface area contributed by atoms with E-state index in [1.54, 1.807) is 23.1 Å². The highest BCUT2D eigenvalue weighted by Gasteiger charge is 2.46. The van der Waals surface area contributed by atoms with Crippen LogP contribution in [0.25, 0.3) is 5.76 Å². The normalized spacial score (nSPS) is 18.2. The topological polar surface area (TPSA) is 70.1 Å². The first-order valence-electron chi connectivity index (χ1n) is 10.8. The summed E-state index contributed by atoms with van der Waals surface area (Å²) >= 11 is 1.47. The molecule has 1 aromatic heterocycles. The van der Waals surface area contributed by atoms with E-state index in [0.717, 1.165) is 24.4 Å². The third kappa shape index (κ3) is 4.99. The van der Waals surface area contributed by atoms with Crippen molar-refractivity contribution in [2.45, 2.75) is 33.2 Å². The first-order valence-corrected chi connectivity index (χ1v) is 11.7. The zero-order valence-electron chi connectivity index (χ0n) is 18.3. The van der Waals surface area contributed by atoms with Crippen LogP contribution in [0.1, 0.15) is 43.7 Å². The number of amides is 1. The van der Waals surface area contributed by atoms with Crippen LogP contribution < -0.4 is 4.74 Å². The summed E-state index contributed by atoms with van der Waals surface area (Å²) in [5.74, 6) is -0.751. The Kier molecular flexibility index (Phi) is 7.87. The smallest absolute Gasteiger partial charge is 0.295 e. The largest absolute Gasteiger partial charge is 0.507 e. The van der Waals surface area contributed by atoms with Crippen LogP contribution in [-0.2, 0) is 9.59 Å². The van der Waals surface area contributed by atoms with Gasteiger partial charge in [-0.1, -0.05) is 39.0 Å². The molecule has 31 heavy (non-hydrogen) atoms. The number of benzene rings is 1. The number of ether oxygens (including phenoxy) is 1. The van der Waals surface area contributed by atoms with Crippen molar-refractivity contribution in [2.75, 3.05) is 32.8 Å². The molecule has 1 saturated heterocycles. The van der Waals surface area contributed by atoms with Gasteiger partial charge in [-0.25, -0.2) is 0 Å². The molecular weight excluding hydrogens is 412 g/mol. The van der Waals surface area contributed by atoms with E-state index in [9.17, 15) is 14.7 Å². The lowest BCUT2D eigenvalue weighted by molar-refractivity contribution is -0.140. The summed E-state index contributed by atoms with van der Waals surface area (Å²) in [6.45, 7) is 9.56. The fourth-order valence-corrected chi connectivity index (χ4v) is 4.60. The average molecular weight is 443 g/mol. The van der Waals surface area contributed by atoms with Gasteiger partial charge in [-0.2, -0.15) is 0 Å². The second-order valence-corrected chi connectivity index (χ2v) is 8.39. The molecule has 0 spiro atoms. The Labute approximate surface area is 187 Å². The van der Waals surface area contributed by atoms with Gasteiger partial charge in [0.05, 0.1) is 18.2 Å². The predicted molar refractivity (Wildman–Crippen MR) is 123 cm³/mol. The Balaban J connectivity index is 2.01. The first kappa shape index (κ1) is 23.0. The first-order chi connectivity index (χ1) is 15.0. The van der Waals surface area contributed by atoms with Crippen LogP contribution in [-0.4, -0.2) is 59.4 Å². The standard InChI is InChI=1S/C24H30N2O4S/c1-4-14-30-18-10-7-9-17(16-18)22(27)20-21(19-11-8-15-31-19)26(24(29)23(20)28)13-12-25(5-2)6-3/h7-11,15-16,21,27H,4-6,12-14H2,1-3H3/b22-20-. The Morgan fingerprint density at radius 1 is 1.16 bits per heavy atom. The number of Topliss-reactive ketones (excluding diaryl/α,β-unsaturated/α-hetero) is 1. The van der Waals surface area contributed by atoms with Crippen LogP contribution in [0.2, 0.25) is 0 Å². The van der Waals surface area contributed by atoms with Crippen molar-refractivity contribution >= 4 is 28.8 Å². The molecular formula is C24H30N2O4S. The molecule has 1 aromatic carbocycles. The molecule has 6 nitrogen and oxygen atoms in total. The highest BCUT2D eigenvalue weighted by molar-refractivity contribution is 7.10. The zero-order chi connectivity index (χ0) is 22.4. The lowest BCUT2D eigenvalue weighted by atomic mass is 9.99. The van der Waals surface area contributed by atoms with Gasteiger partial charge in [-0.05, 0) is 43.1 Å². The molecule has 1 amide bonds. The van der Waals surface area contributed by atoms with E-state index in [-0.39, 0.29) is 11.3 Å². The maximum absolute atomic E-state index is 13.0. The van der Waals surface area contributed by atoms with Gasteiger partial charge >= 0.3 is 0 Å². The van der Waals surface area contributed by atoms with Gasteiger partial charge in [-0.15, -0.1) is 11.3 Å². The summed E-state index contributed by atoms with van der Waals surface area (Å²) in [5, 5.41) is 13.0. The van der Waals surface area contributed by atoms with Crippen molar-refractivity contribution in [2.24, 2.45) is 0 Å². The second kappa shape index (κ2) is 10.6. The van der Waals surface area contributed by atoms with Gasteiger partial charge in [0.25, 0.3) is 11.7 Å². The predicted octanol–water partition coefficient (Wildman–Crippen LogP) is 4.30. The summed E-state index contributed by atoms with van der Waals surface area (Å²) in [4.78, 5) is 30.6. The van der Waals surface area contributed by atoms with E-state index < -0.39 is 17.7 Å². The number of hydrogen-bond acceptors (Lipinski definition) is 6. The van der Waals surface area contributed by atoms with Crippen molar-refractivity contribution in [3.05, 3.63) is 57.8 Å². The molecule has 0 radical (unpaired) electrons. The molecule has 7 heteroatoms. The van der Waals surface area contributed by atoms with Crippen molar-refractivity contribution in [3.63, 3.8) is 0 Å². The number of likely N-dealkylation sites (tertiary alicyclic amines) is 1. The molecule has 1 aliphatic heterocycles. The fourth-order valence-electron chi connectivity index (χ4n) is 3.75. The van der Waals surface area contributed by atoms with E-state index in [1.807, 2.05) is 30.5 Å². The molecule has 1 fully saturated rings. The van der Waals surface area contributed by atoms with Gasteiger partial charge < -0.3 is 19.6 Å². The maximum atomic E-state index is 13.0. The van der Waals surface area contributed by atoms with Crippen LogP contribution in [0.3, 0.4) is 0 Å². The third-order valence-electron chi connectivity index (χ3n) is 5.48. The van der Waals surface area contributed by atoms with Crippen molar-refractivity contribution in [1.82, 2.24) is 9.80 Å². The number of ketones is 1. The minimum absolute atomic E-state index is 0.139. The van der Waals surface area contributed by atoms with Gasteiger partial charge in [0.2, 0.25) is 0 Å². The Hall–Kier alpha value is -2.64. The Morgan fingerprint density at radius 3 is 2.58 bits per heavy atom. The fraction of sp³-hybridized carbons (Fsp3) is 0.417. The summed E-state index contributed by atoms with van der Waals surface area (Å²) < 4.78 is 5.67. The molecule has 1 unspecified atom stereocenters. The summed E-state index contributed by atoms with van der Waals surface area (Å²) in [7, 11) is 0. The van der Waals surface area contributed by atoms with E-state index in [0.29, 0.717) is 31.0 Å². The Bertz CT molecular complexity index is 935. The van der Waals surface area contributed by atoms with E-state index in [4.69, 9.17) is 4.74 Å². The zero-order valence-corrected chi connectivity index (χ0v) is 19.2. The van der Waals surface area contributed by atoms with E-state index in [1.165, 1.54) is 11.3 Å². The summed E-state index contributed by atoms with van der Waals surface area (Å²) in [6, 6.07) is 10.2. The van der Waals surface area contributed by atoms with Gasteiger partial charge in [0, 0.05) is 23.5 Å². The number of aliphatic hydroxyl groups excluding tert-OH is 1. The summed E-state index contributed by atoms with van der Waals surface area (Å²) in [5.41, 5.74) is 0.608. The number of carbonyl (C=O) groups is 2. The van der Waals surface area contributed by atoms with Crippen molar-refractivity contribution in [3.8, 4) is 5.75 Å². The monoisotopic (exact) mass is 442 g/mol. The number of likely N-dealkylation sites (N-methyl/N-ethyl adjacent to an activating group) is 1. The summed E-state index contributed by atoms with van der Waals surface area (Å²) in [6.07, 6.45) is 0.867. The minimum Gasteiger partial charge on any atom is -0.507 e. The number of nitrogens with zero attached hydrogens (tertiary/aromatic N) is 2. The Morgan fingerprint density at radius 2 is 1.94 bits per heavy atom. The van der Waals surface area contributed by atoms with Gasteiger partial charge in [-0.3, -0.25) is 9.59 Å². The average Bonchev–Trinajstić information content (AvgIpc) is 3.40. The molecule has 0 bridgehead atoms. The molecule has 1 atom stereocenters. The molecule has 0 aliphatic carbocycles. The SMILES string of the molecule is CCCOc1cccc(/C(O)=C2/C(=O)C(=O)N(CCN(CC)CC)C2c2cccs2)c1. The third-order valence-corrected chi connectivity index (χ3v) is 6.41. The van der Waals surface area contributed by atoms with E-state index >= 15 is 0 Å². The molecule has 1 aliphatic rings. The number of thiophene rings is 1. The molecule has 2 heterocycles. The number of carbonyl (C=O) groups excluding carboxylic acids is 2. The molecule has 3 rings (SSSR count). The quantitative estimate of drug-likeness (QED) is 0.337. The van der Waals surface area contributed by atoms with Gasteiger partial charge in [0.15, 0.2) is 0 Å². The maximum Gasteiger partial charge on any atom is 0.295 e. The van der Waals surface area contributed by atoms with Crippen LogP contribution in [0.4, 0.5) is 0 Å². The molecule has 0 saturated carbocycles. The van der Waals surface area contributed by atoms with E-state index in [2.05, 4.69) is 18.7 Å². The van der Waals surface area contributed by atoms with Crippen LogP contribution in [0.5, 0.6) is 5.75 Å². The molecule has 2 aromatic rings.